The Balaban J connectivity index is 1.40. The van der Waals surface area contributed by atoms with Gasteiger partial charge in [0.05, 0.1) is 10.6 Å². The second-order valence-corrected chi connectivity index (χ2v) is 9.52. The van der Waals surface area contributed by atoms with Gasteiger partial charge < -0.3 is 4.74 Å². The lowest BCUT2D eigenvalue weighted by atomic mass is 9.99. The number of carbonyl (C=O) groups is 2. The molecule has 0 aliphatic heterocycles. The molecule has 0 fully saturated rings. The third kappa shape index (κ3) is 4.19. The molecule has 1 atom stereocenters. The zero-order valence-corrected chi connectivity index (χ0v) is 17.8. The number of hydrogen-bond acceptors (Lipinski definition) is 7. The number of amides is 1. The Morgan fingerprint density at radius 2 is 2.14 bits per heavy atom. The van der Waals surface area contributed by atoms with Gasteiger partial charge in [-0.25, -0.2) is 9.78 Å². The minimum absolute atomic E-state index is 0.343. The average Bonchev–Trinajstić information content (AvgIpc) is 3.45. The van der Waals surface area contributed by atoms with Crippen molar-refractivity contribution in [2.75, 3.05) is 5.32 Å². The highest BCUT2D eigenvalue weighted by molar-refractivity contribution is 7.16. The molecule has 0 spiro atoms. The summed E-state index contributed by atoms with van der Waals surface area (Å²) < 4.78 is 5.51. The van der Waals surface area contributed by atoms with Crippen molar-refractivity contribution < 1.29 is 14.3 Å². The Hall–Kier alpha value is -2.03. The molecule has 0 saturated carbocycles. The van der Waals surface area contributed by atoms with Crippen LogP contribution in [0.4, 0.5) is 5.13 Å². The van der Waals surface area contributed by atoms with E-state index in [4.69, 9.17) is 4.74 Å². The van der Waals surface area contributed by atoms with Gasteiger partial charge in [0.15, 0.2) is 11.2 Å². The molecule has 0 bridgehead atoms. The van der Waals surface area contributed by atoms with Gasteiger partial charge in [-0.15, -0.1) is 34.0 Å². The van der Waals surface area contributed by atoms with E-state index in [9.17, 15) is 9.59 Å². The first-order valence-corrected chi connectivity index (χ1v) is 11.8. The number of anilines is 1. The summed E-state index contributed by atoms with van der Waals surface area (Å²) in [7, 11) is 0. The van der Waals surface area contributed by atoms with Crippen molar-refractivity contribution >= 4 is 51.0 Å². The van der Waals surface area contributed by atoms with E-state index >= 15 is 0 Å². The van der Waals surface area contributed by atoms with Crippen LogP contribution in [0, 0.1) is 0 Å². The van der Waals surface area contributed by atoms with Crippen LogP contribution in [0.2, 0.25) is 0 Å². The summed E-state index contributed by atoms with van der Waals surface area (Å²) in [5.41, 5.74) is 2.09. The lowest BCUT2D eigenvalue weighted by molar-refractivity contribution is -0.124. The van der Waals surface area contributed by atoms with Crippen LogP contribution in [0.3, 0.4) is 0 Å². The Kier molecular flexibility index (Phi) is 5.89. The summed E-state index contributed by atoms with van der Waals surface area (Å²) in [5, 5.41) is 7.18. The molecule has 1 amide bonds. The summed E-state index contributed by atoms with van der Waals surface area (Å²) >= 11 is 4.46. The molecular weight excluding hydrogens is 412 g/mol. The van der Waals surface area contributed by atoms with Crippen LogP contribution in [0.15, 0.2) is 29.0 Å². The molecule has 1 aliphatic rings. The fraction of sp³-hybridized carbons (Fsp3) is 0.350. The van der Waals surface area contributed by atoms with Crippen molar-refractivity contribution in [3.63, 3.8) is 0 Å². The third-order valence-corrected chi connectivity index (χ3v) is 7.49. The highest BCUT2D eigenvalue weighted by atomic mass is 32.1. The van der Waals surface area contributed by atoms with Gasteiger partial charge in [-0.3, -0.25) is 10.1 Å². The summed E-state index contributed by atoms with van der Waals surface area (Å²) in [4.78, 5) is 32.5. The highest BCUT2D eigenvalue weighted by Crippen LogP contribution is 2.31. The summed E-state index contributed by atoms with van der Waals surface area (Å²) in [6, 6.07) is 5.88. The quantitative estimate of drug-likeness (QED) is 0.531. The molecule has 146 valence electrons. The van der Waals surface area contributed by atoms with Crippen molar-refractivity contribution in [3.05, 3.63) is 44.3 Å². The summed E-state index contributed by atoms with van der Waals surface area (Å²) in [6.07, 6.45) is 3.96. The number of rotatable bonds is 6. The van der Waals surface area contributed by atoms with Crippen molar-refractivity contribution in [1.82, 2.24) is 4.98 Å². The highest BCUT2D eigenvalue weighted by Gasteiger charge is 2.25. The summed E-state index contributed by atoms with van der Waals surface area (Å²) in [5.74, 6) is -0.760. The lowest BCUT2D eigenvalue weighted by Gasteiger charge is -2.14. The van der Waals surface area contributed by atoms with Crippen molar-refractivity contribution in [1.29, 1.82) is 0 Å². The number of fused-ring (bicyclic) bond motifs is 1. The van der Waals surface area contributed by atoms with Crippen LogP contribution < -0.4 is 5.32 Å². The number of aromatic nitrogens is 1. The molecule has 0 aromatic carbocycles. The fourth-order valence-electron chi connectivity index (χ4n) is 3.16. The van der Waals surface area contributed by atoms with E-state index in [1.54, 1.807) is 11.3 Å². The number of carbonyl (C=O) groups excluding carboxylic acids is 2. The molecule has 1 unspecified atom stereocenters. The van der Waals surface area contributed by atoms with Crippen molar-refractivity contribution in [3.8, 4) is 10.6 Å². The average molecular weight is 433 g/mol. The first-order chi connectivity index (χ1) is 13.6. The van der Waals surface area contributed by atoms with Gasteiger partial charge in [0.25, 0.3) is 5.91 Å². The first kappa shape index (κ1) is 19.3. The van der Waals surface area contributed by atoms with Gasteiger partial charge in [-0.2, -0.15) is 0 Å². The van der Waals surface area contributed by atoms with E-state index in [0.29, 0.717) is 16.4 Å². The largest absolute Gasteiger partial charge is 0.448 e. The predicted molar refractivity (Wildman–Crippen MR) is 115 cm³/mol. The van der Waals surface area contributed by atoms with Gasteiger partial charge >= 0.3 is 5.97 Å². The molecule has 1 N–H and O–H groups in total. The Morgan fingerprint density at radius 1 is 1.29 bits per heavy atom. The van der Waals surface area contributed by atoms with Crippen molar-refractivity contribution in [2.24, 2.45) is 0 Å². The second-order valence-electron chi connectivity index (χ2n) is 6.57. The van der Waals surface area contributed by atoms with E-state index in [0.717, 1.165) is 23.4 Å². The lowest BCUT2D eigenvalue weighted by Crippen LogP contribution is -2.31. The molecule has 0 saturated heterocycles. The summed E-state index contributed by atoms with van der Waals surface area (Å²) in [6.45, 7) is 1.83. The van der Waals surface area contributed by atoms with E-state index < -0.39 is 12.1 Å². The molecule has 1 aliphatic carbocycles. The molecule has 3 aromatic rings. The third-order valence-electron chi connectivity index (χ3n) is 4.62. The molecular formula is C20H20N2O3S3. The molecule has 5 nitrogen and oxygen atoms in total. The van der Waals surface area contributed by atoms with Crippen LogP contribution in [-0.2, 0) is 22.4 Å². The van der Waals surface area contributed by atoms with E-state index in [-0.39, 0.29) is 5.91 Å². The number of nitrogens with one attached hydrogen (secondary N) is 1. The zero-order chi connectivity index (χ0) is 19.5. The molecule has 8 heteroatoms. The minimum atomic E-state index is -0.833. The van der Waals surface area contributed by atoms with Crippen molar-refractivity contribution in [2.45, 2.75) is 45.1 Å². The Bertz CT molecular complexity index is 951. The number of aryl methyl sites for hydroxylation is 2. The fourth-order valence-corrected chi connectivity index (χ4v) is 5.77. The maximum absolute atomic E-state index is 12.6. The SMILES string of the molecule is CCC(OC(=O)c1cc2c(s1)CCCC2)C(=O)Nc1nc(-c2cccs2)cs1. The van der Waals surface area contributed by atoms with Crippen LogP contribution in [0.1, 0.15) is 46.3 Å². The predicted octanol–water partition coefficient (Wildman–Crippen LogP) is 5.39. The topological polar surface area (TPSA) is 68.3 Å². The van der Waals surface area contributed by atoms with E-state index in [1.165, 1.54) is 46.0 Å². The molecule has 28 heavy (non-hydrogen) atoms. The van der Waals surface area contributed by atoms with Gasteiger partial charge in [0.2, 0.25) is 0 Å². The van der Waals surface area contributed by atoms with Crippen LogP contribution >= 0.6 is 34.0 Å². The number of hydrogen-bond donors (Lipinski definition) is 1. The van der Waals surface area contributed by atoms with Gasteiger partial charge in [-0.05, 0) is 55.2 Å². The van der Waals surface area contributed by atoms with Gasteiger partial charge in [-0.1, -0.05) is 13.0 Å². The Labute approximate surface area is 175 Å². The number of esters is 1. The normalized spacial score (nSPS) is 14.3. The van der Waals surface area contributed by atoms with Crippen LogP contribution in [-0.4, -0.2) is 23.0 Å². The number of nitrogens with zero attached hydrogens (tertiary/aromatic N) is 1. The number of thiazole rings is 1. The zero-order valence-electron chi connectivity index (χ0n) is 15.4. The van der Waals surface area contributed by atoms with Gasteiger partial charge in [0.1, 0.15) is 4.88 Å². The molecule has 4 rings (SSSR count). The Morgan fingerprint density at radius 3 is 2.89 bits per heavy atom. The standard InChI is InChI=1S/C20H20N2O3S3/c1-2-14(25-19(24)17-10-12-6-3-4-7-15(12)28-17)18(23)22-20-21-13(11-27-20)16-8-5-9-26-16/h5,8-11,14H,2-4,6-7H2,1H3,(H,21,22,23). The maximum atomic E-state index is 12.6. The van der Waals surface area contributed by atoms with Gasteiger partial charge in [0, 0.05) is 10.3 Å². The molecule has 3 heterocycles. The molecule has 0 radical (unpaired) electrons. The van der Waals surface area contributed by atoms with Crippen LogP contribution in [0.25, 0.3) is 10.6 Å². The first-order valence-electron chi connectivity index (χ1n) is 9.27. The van der Waals surface area contributed by atoms with Crippen LogP contribution in [0.5, 0.6) is 0 Å². The smallest absolute Gasteiger partial charge is 0.349 e. The monoisotopic (exact) mass is 432 g/mol. The molecule has 3 aromatic heterocycles. The minimum Gasteiger partial charge on any atom is -0.448 e. The van der Waals surface area contributed by atoms with E-state index in [2.05, 4.69) is 10.3 Å². The number of thiophene rings is 2. The van der Waals surface area contributed by atoms with E-state index in [1.807, 2.05) is 35.9 Å². The maximum Gasteiger partial charge on any atom is 0.349 e. The number of ether oxygens (including phenoxy) is 1. The second kappa shape index (κ2) is 8.55.